The molecule has 24 nitrogen and oxygen atoms in total. The first-order valence-electron chi connectivity index (χ1n) is 15.1. The van der Waals surface area contributed by atoms with Crippen molar-refractivity contribution in [1.29, 1.82) is 0 Å². The number of anilines is 1. The van der Waals surface area contributed by atoms with Crippen molar-refractivity contribution in [2.45, 2.75) is 83.0 Å². The number of aromatic nitrogens is 4. The number of esters is 4. The molecular formula is C26H34FN5O19P2. The van der Waals surface area contributed by atoms with E-state index in [1.165, 1.54) is 0 Å². The summed E-state index contributed by atoms with van der Waals surface area (Å²) in [5.74, 6) is -5.88. The first kappa shape index (κ1) is 41.7. The number of ether oxygens (including phenoxy) is 6. The average Bonchev–Trinajstić information content (AvgIpc) is 3.59. The number of phosphoric ester groups is 2. The number of rotatable bonds is 15. The summed E-state index contributed by atoms with van der Waals surface area (Å²) in [6.07, 6.45) is -15.0. The number of halogens is 1. The van der Waals surface area contributed by atoms with Crippen LogP contribution in [-0.4, -0.2) is 127 Å². The summed E-state index contributed by atoms with van der Waals surface area (Å²) >= 11 is 0. The largest absolute Gasteiger partial charge is 0.483 e. The SMILES string of the molecule is CC(=O)OC[C@@H](OC(C)=O)C1O[C@@H](OP(=O)(O)OP(=O)(O)OC[C@H]2O[C@@H](n3cnc4c(N)ncnc43)C(O)C2F)C(OC(C)=O)C(C=O)[C@@H]1OC(C)=O. The standard InChI is InChI=1S/C26H34FN5O19P2/c1-10(34)43-6-16(45-11(2)35)22-20(46-12(3)36)14(5-33)21(47-13(4)37)26(49-22)50-53(41,42)51-52(39,40)44-7-15-17(27)19(38)25(48-15)32-9-31-18-23(28)29-8-30-24(18)32/h5,8-9,14-17,19-22,25-26,38H,6-7H2,1-4H3,(H,39,40)(H,41,42)(H2,28,29,30)/t14?,15-,16-,17?,19?,20+,21?,22?,25-,26+/m1/s1. The minimum atomic E-state index is -5.93. The van der Waals surface area contributed by atoms with Gasteiger partial charge in [0.1, 0.15) is 49.2 Å². The Morgan fingerprint density at radius 3 is 2.26 bits per heavy atom. The Kier molecular flexibility index (Phi) is 13.4. The predicted octanol–water partition coefficient (Wildman–Crippen LogP) is -0.846. The Morgan fingerprint density at radius 2 is 1.66 bits per heavy atom. The van der Waals surface area contributed by atoms with Gasteiger partial charge in [0.2, 0.25) is 6.29 Å². The van der Waals surface area contributed by atoms with E-state index in [9.17, 15) is 48.0 Å². The quantitative estimate of drug-likeness (QED) is 0.0737. The number of alkyl halides is 1. The number of nitrogens with zero attached hydrogens (tertiary/aromatic N) is 4. The fourth-order valence-electron chi connectivity index (χ4n) is 5.31. The van der Waals surface area contributed by atoms with E-state index in [0.717, 1.165) is 44.9 Å². The maximum absolute atomic E-state index is 15.1. The molecule has 0 aliphatic carbocycles. The third kappa shape index (κ3) is 10.3. The Hall–Kier alpha value is -4.03. The molecule has 2 aliphatic heterocycles. The molecular weight excluding hydrogens is 767 g/mol. The minimum absolute atomic E-state index is 0.0302. The van der Waals surface area contributed by atoms with Crippen LogP contribution in [0.2, 0.25) is 0 Å². The summed E-state index contributed by atoms with van der Waals surface area (Å²) in [6.45, 7) is 1.73. The van der Waals surface area contributed by atoms with E-state index in [0.29, 0.717) is 0 Å². The number of carbonyl (C=O) groups excluding carboxylic acids is 5. The molecule has 2 fully saturated rings. The van der Waals surface area contributed by atoms with Gasteiger partial charge >= 0.3 is 39.5 Å². The second kappa shape index (κ2) is 17.0. The summed E-state index contributed by atoms with van der Waals surface area (Å²) in [5, 5.41) is 10.5. The van der Waals surface area contributed by atoms with Gasteiger partial charge in [-0.05, 0) is 0 Å². The fraction of sp³-hybridized carbons (Fsp3) is 0.615. The van der Waals surface area contributed by atoms with Crippen LogP contribution < -0.4 is 5.73 Å². The molecule has 53 heavy (non-hydrogen) atoms. The molecule has 294 valence electrons. The molecule has 0 radical (unpaired) electrons. The monoisotopic (exact) mass is 801 g/mol. The first-order chi connectivity index (χ1) is 24.7. The number of carbonyl (C=O) groups is 5. The molecule has 4 rings (SSSR count). The van der Waals surface area contributed by atoms with Crippen molar-refractivity contribution in [3.05, 3.63) is 12.7 Å². The van der Waals surface area contributed by atoms with E-state index in [1.54, 1.807) is 0 Å². The number of hydrogen-bond acceptors (Lipinski definition) is 21. The smallest absolute Gasteiger partial charge is 0.462 e. The molecule has 2 aromatic rings. The number of nitrogen functional groups attached to an aromatic ring is 1. The van der Waals surface area contributed by atoms with Gasteiger partial charge in [0.05, 0.1) is 18.9 Å². The van der Waals surface area contributed by atoms with Crippen molar-refractivity contribution in [2.24, 2.45) is 5.92 Å². The molecule has 4 heterocycles. The van der Waals surface area contributed by atoms with Crippen LogP contribution >= 0.6 is 15.6 Å². The van der Waals surface area contributed by atoms with E-state index in [2.05, 4.69) is 23.8 Å². The number of aliphatic hydroxyl groups excluding tert-OH is 1. The first-order valence-corrected chi connectivity index (χ1v) is 18.1. The van der Waals surface area contributed by atoms with Gasteiger partial charge in [-0.15, -0.1) is 0 Å². The summed E-state index contributed by atoms with van der Waals surface area (Å²) in [6, 6.07) is 0. The van der Waals surface area contributed by atoms with Gasteiger partial charge in [-0.2, -0.15) is 4.31 Å². The number of phosphoric acid groups is 2. The van der Waals surface area contributed by atoms with Gasteiger partial charge in [-0.3, -0.25) is 32.8 Å². The second-order valence-corrected chi connectivity index (χ2v) is 14.3. The fourth-order valence-corrected chi connectivity index (χ4v) is 7.46. The van der Waals surface area contributed by atoms with E-state index in [1.807, 2.05) is 0 Å². The van der Waals surface area contributed by atoms with E-state index in [-0.39, 0.29) is 23.3 Å². The lowest BCUT2D eigenvalue weighted by Crippen LogP contribution is -2.62. The molecule has 0 saturated carbocycles. The zero-order valence-corrected chi connectivity index (χ0v) is 29.7. The topological polar surface area (TPSA) is 333 Å². The highest BCUT2D eigenvalue weighted by Crippen LogP contribution is 2.62. The normalized spacial score (nSPS) is 30.0. The second-order valence-electron chi connectivity index (χ2n) is 11.3. The third-order valence-corrected chi connectivity index (χ3v) is 9.93. The van der Waals surface area contributed by atoms with E-state index in [4.69, 9.17) is 38.7 Å². The summed E-state index contributed by atoms with van der Waals surface area (Å²) in [7, 11) is -11.7. The van der Waals surface area contributed by atoms with Gasteiger partial charge in [0.15, 0.2) is 36.1 Å². The van der Waals surface area contributed by atoms with Crippen LogP contribution in [0.3, 0.4) is 0 Å². The molecule has 27 heteroatoms. The number of aldehydes is 1. The molecule has 5 N–H and O–H groups in total. The molecule has 2 aromatic heterocycles. The van der Waals surface area contributed by atoms with Gasteiger partial charge in [-0.1, -0.05) is 0 Å². The average molecular weight is 802 g/mol. The Morgan fingerprint density at radius 1 is 1.00 bits per heavy atom. The van der Waals surface area contributed by atoms with Crippen LogP contribution in [0.4, 0.5) is 10.2 Å². The zero-order valence-electron chi connectivity index (χ0n) is 27.9. The van der Waals surface area contributed by atoms with Crippen molar-refractivity contribution >= 4 is 62.8 Å². The lowest BCUT2D eigenvalue weighted by atomic mass is 9.87. The number of fused-ring (bicyclic) bond motifs is 1. The van der Waals surface area contributed by atoms with Crippen LogP contribution in [0, 0.1) is 5.92 Å². The molecule has 2 saturated heterocycles. The lowest BCUT2D eigenvalue weighted by Gasteiger charge is -2.45. The Labute approximate surface area is 297 Å². The van der Waals surface area contributed by atoms with Crippen LogP contribution in [0.15, 0.2) is 12.7 Å². The highest BCUT2D eigenvalue weighted by molar-refractivity contribution is 7.61. The third-order valence-electron chi connectivity index (χ3n) is 7.33. The number of nitrogens with two attached hydrogens (primary N) is 1. The Balaban J connectivity index is 1.53. The van der Waals surface area contributed by atoms with Crippen LogP contribution in [-0.2, 0) is 74.9 Å². The lowest BCUT2D eigenvalue weighted by molar-refractivity contribution is -0.283. The van der Waals surface area contributed by atoms with Gasteiger partial charge in [-0.25, -0.2) is 28.5 Å². The van der Waals surface area contributed by atoms with Crippen LogP contribution in [0.5, 0.6) is 0 Å². The van der Waals surface area contributed by atoms with Gasteiger partial charge in [0, 0.05) is 27.7 Å². The molecule has 7 unspecified atom stereocenters. The van der Waals surface area contributed by atoms with Crippen molar-refractivity contribution < 1.29 is 94.2 Å². The van der Waals surface area contributed by atoms with Crippen LogP contribution in [0.1, 0.15) is 33.9 Å². The van der Waals surface area contributed by atoms with Crippen molar-refractivity contribution in [2.75, 3.05) is 18.9 Å². The van der Waals surface area contributed by atoms with Crippen LogP contribution in [0.25, 0.3) is 11.2 Å². The molecule has 12 atom stereocenters. The van der Waals surface area contributed by atoms with Crippen molar-refractivity contribution in [3.63, 3.8) is 0 Å². The summed E-state index contributed by atoms with van der Waals surface area (Å²) in [5.41, 5.74) is 5.89. The summed E-state index contributed by atoms with van der Waals surface area (Å²) in [4.78, 5) is 92.3. The molecule has 0 amide bonds. The maximum Gasteiger partial charge on any atom is 0.483 e. The van der Waals surface area contributed by atoms with Crippen molar-refractivity contribution in [1.82, 2.24) is 19.5 Å². The molecule has 0 bridgehead atoms. The van der Waals surface area contributed by atoms with Gasteiger partial charge < -0.3 is 53.8 Å². The predicted molar refractivity (Wildman–Crippen MR) is 164 cm³/mol. The molecule has 0 spiro atoms. The highest BCUT2D eigenvalue weighted by Gasteiger charge is 2.56. The van der Waals surface area contributed by atoms with E-state index < -0.39 is 114 Å². The number of imidazole rings is 1. The maximum atomic E-state index is 15.1. The number of hydrogen-bond donors (Lipinski definition) is 4. The van der Waals surface area contributed by atoms with Crippen molar-refractivity contribution in [3.8, 4) is 0 Å². The number of aliphatic hydroxyl groups is 1. The summed E-state index contributed by atoms with van der Waals surface area (Å²) < 4.78 is 87.2. The molecule has 0 aromatic carbocycles. The highest BCUT2D eigenvalue weighted by atomic mass is 31.3. The minimum Gasteiger partial charge on any atom is -0.462 e. The Bertz CT molecular complexity index is 1800. The van der Waals surface area contributed by atoms with Gasteiger partial charge in [0.25, 0.3) is 0 Å². The van der Waals surface area contributed by atoms with E-state index >= 15 is 4.39 Å². The molecule has 2 aliphatic rings. The zero-order chi connectivity index (χ0) is 39.4.